The lowest BCUT2D eigenvalue weighted by Crippen LogP contribution is -2.37. The second kappa shape index (κ2) is 4.84. The van der Waals surface area contributed by atoms with Crippen molar-refractivity contribution in [3.8, 4) is 0 Å². The topological polar surface area (TPSA) is 72.9 Å². The van der Waals surface area contributed by atoms with Crippen molar-refractivity contribution >= 4 is 17.2 Å². The Morgan fingerprint density at radius 2 is 2.19 bits per heavy atom. The molecular weight excluding hydrogens is 224 g/mol. The molecule has 0 aromatic carbocycles. The predicted molar refractivity (Wildman–Crippen MR) is 63.6 cm³/mol. The molecule has 1 aromatic heterocycles. The number of nitrogens with zero attached hydrogens (tertiary/aromatic N) is 5. The van der Waals surface area contributed by atoms with Gasteiger partial charge in [-0.05, 0) is 31.1 Å². The minimum Gasteiger partial charge on any atom is -0.393 e. The molecule has 0 amide bonds. The Balaban J connectivity index is 1.83. The highest BCUT2D eigenvalue weighted by Gasteiger charge is 2.21. The van der Waals surface area contributed by atoms with Crippen LogP contribution in [0.3, 0.4) is 0 Å². The standard InChI is InChI=1S/C9H16N6S/c1-14-12-8(11-13-14)6-15-4-2-7(3-5-15)9(10)16/h7H,2-6H2,1H3,(H2,10,16). The van der Waals surface area contributed by atoms with E-state index in [-0.39, 0.29) is 0 Å². The molecule has 1 aliphatic rings. The Morgan fingerprint density at radius 1 is 1.50 bits per heavy atom. The Kier molecular flexibility index (Phi) is 3.45. The molecule has 1 aromatic rings. The van der Waals surface area contributed by atoms with Gasteiger partial charge < -0.3 is 5.73 Å². The Bertz CT molecular complexity index is 368. The molecule has 7 heteroatoms. The summed E-state index contributed by atoms with van der Waals surface area (Å²) in [5.74, 6) is 1.18. The quantitative estimate of drug-likeness (QED) is 0.732. The normalized spacial score (nSPS) is 18.8. The van der Waals surface area contributed by atoms with Gasteiger partial charge in [-0.3, -0.25) is 4.90 Å². The van der Waals surface area contributed by atoms with Crippen molar-refractivity contribution < 1.29 is 0 Å². The smallest absolute Gasteiger partial charge is 0.188 e. The second-order valence-electron chi connectivity index (χ2n) is 4.15. The number of aryl methyl sites for hydroxylation is 1. The van der Waals surface area contributed by atoms with E-state index in [1.54, 1.807) is 7.05 Å². The Labute approximate surface area is 99.8 Å². The summed E-state index contributed by atoms with van der Waals surface area (Å²) in [6.45, 7) is 2.76. The number of piperidine rings is 1. The summed E-state index contributed by atoms with van der Waals surface area (Å²) in [5.41, 5.74) is 5.64. The van der Waals surface area contributed by atoms with Crippen LogP contribution in [0.4, 0.5) is 0 Å². The molecule has 1 fully saturated rings. The molecule has 1 aliphatic heterocycles. The fourth-order valence-electron chi connectivity index (χ4n) is 1.96. The second-order valence-corrected chi connectivity index (χ2v) is 4.62. The van der Waals surface area contributed by atoms with Crippen LogP contribution < -0.4 is 5.73 Å². The van der Waals surface area contributed by atoms with Gasteiger partial charge in [-0.25, -0.2) is 0 Å². The average Bonchev–Trinajstić information content (AvgIpc) is 2.65. The van der Waals surface area contributed by atoms with Gasteiger partial charge in [0.15, 0.2) is 5.82 Å². The highest BCUT2D eigenvalue weighted by molar-refractivity contribution is 7.80. The van der Waals surface area contributed by atoms with E-state index < -0.39 is 0 Å². The van der Waals surface area contributed by atoms with Crippen molar-refractivity contribution in [1.29, 1.82) is 0 Å². The van der Waals surface area contributed by atoms with Gasteiger partial charge in [-0.1, -0.05) is 12.2 Å². The van der Waals surface area contributed by atoms with E-state index in [9.17, 15) is 0 Å². The Morgan fingerprint density at radius 3 is 2.69 bits per heavy atom. The first kappa shape index (κ1) is 11.4. The van der Waals surface area contributed by atoms with Crippen LogP contribution >= 0.6 is 12.2 Å². The van der Waals surface area contributed by atoms with Gasteiger partial charge >= 0.3 is 0 Å². The minimum absolute atomic E-state index is 0.404. The lowest BCUT2D eigenvalue weighted by atomic mass is 9.97. The van der Waals surface area contributed by atoms with Crippen molar-refractivity contribution in [1.82, 2.24) is 25.1 Å². The SMILES string of the molecule is Cn1nnc(CN2CCC(C(N)=S)CC2)n1. The van der Waals surface area contributed by atoms with Crippen molar-refractivity contribution in [2.45, 2.75) is 19.4 Å². The van der Waals surface area contributed by atoms with Crippen molar-refractivity contribution in [2.24, 2.45) is 18.7 Å². The number of thiocarbonyl (C=S) groups is 1. The molecule has 0 atom stereocenters. The molecule has 0 spiro atoms. The largest absolute Gasteiger partial charge is 0.393 e. The van der Waals surface area contributed by atoms with Crippen LogP contribution in [-0.4, -0.2) is 43.2 Å². The molecule has 0 aliphatic carbocycles. The summed E-state index contributed by atoms with van der Waals surface area (Å²) in [6.07, 6.45) is 2.07. The maximum Gasteiger partial charge on any atom is 0.188 e. The maximum absolute atomic E-state index is 5.64. The third-order valence-electron chi connectivity index (χ3n) is 2.90. The number of aromatic nitrogens is 4. The molecular formula is C9H16N6S. The van der Waals surface area contributed by atoms with Crippen molar-refractivity contribution in [2.75, 3.05) is 13.1 Å². The van der Waals surface area contributed by atoms with E-state index in [0.717, 1.165) is 38.3 Å². The zero-order valence-electron chi connectivity index (χ0n) is 9.33. The van der Waals surface area contributed by atoms with Crippen LogP contribution in [0.2, 0.25) is 0 Å². The summed E-state index contributed by atoms with van der Waals surface area (Å²) < 4.78 is 0. The number of likely N-dealkylation sites (tertiary alicyclic amines) is 1. The van der Waals surface area contributed by atoms with E-state index in [1.807, 2.05) is 0 Å². The summed E-state index contributed by atoms with van der Waals surface area (Å²) in [7, 11) is 1.77. The number of tetrazole rings is 1. The summed E-state index contributed by atoms with van der Waals surface area (Å²) in [6, 6.07) is 0. The van der Waals surface area contributed by atoms with E-state index in [4.69, 9.17) is 18.0 Å². The van der Waals surface area contributed by atoms with E-state index >= 15 is 0 Å². The number of hydrogen-bond acceptors (Lipinski definition) is 5. The van der Waals surface area contributed by atoms with Gasteiger partial charge in [0, 0.05) is 5.92 Å². The van der Waals surface area contributed by atoms with Gasteiger partial charge in [-0.2, -0.15) is 4.80 Å². The minimum atomic E-state index is 0.404. The highest BCUT2D eigenvalue weighted by atomic mass is 32.1. The molecule has 88 valence electrons. The zero-order valence-corrected chi connectivity index (χ0v) is 10.2. The van der Waals surface area contributed by atoms with Gasteiger partial charge in [0.2, 0.25) is 0 Å². The first-order chi connectivity index (χ1) is 7.65. The molecule has 1 saturated heterocycles. The maximum atomic E-state index is 5.64. The molecule has 0 radical (unpaired) electrons. The van der Waals surface area contributed by atoms with E-state index in [1.165, 1.54) is 4.80 Å². The van der Waals surface area contributed by atoms with Gasteiger partial charge in [0.05, 0.1) is 18.6 Å². The lowest BCUT2D eigenvalue weighted by molar-refractivity contribution is 0.197. The molecule has 16 heavy (non-hydrogen) atoms. The lowest BCUT2D eigenvalue weighted by Gasteiger charge is -2.30. The third-order valence-corrected chi connectivity index (χ3v) is 3.24. The average molecular weight is 240 g/mol. The number of rotatable bonds is 3. The number of nitrogens with two attached hydrogens (primary N) is 1. The van der Waals surface area contributed by atoms with Crippen LogP contribution in [0.1, 0.15) is 18.7 Å². The molecule has 2 rings (SSSR count). The van der Waals surface area contributed by atoms with Crippen LogP contribution in [0.5, 0.6) is 0 Å². The predicted octanol–water partition coefficient (Wildman–Crippen LogP) is -0.292. The fraction of sp³-hybridized carbons (Fsp3) is 0.778. The van der Waals surface area contributed by atoms with Crippen LogP contribution in [-0.2, 0) is 13.6 Å². The first-order valence-electron chi connectivity index (χ1n) is 5.39. The number of hydrogen-bond donors (Lipinski definition) is 1. The molecule has 0 saturated carbocycles. The molecule has 2 N–H and O–H groups in total. The highest BCUT2D eigenvalue weighted by Crippen LogP contribution is 2.18. The monoisotopic (exact) mass is 240 g/mol. The molecule has 2 heterocycles. The summed E-state index contributed by atoms with van der Waals surface area (Å²) in [5, 5.41) is 11.9. The van der Waals surface area contributed by atoms with Crippen molar-refractivity contribution in [3.63, 3.8) is 0 Å². The molecule has 6 nitrogen and oxygen atoms in total. The first-order valence-corrected chi connectivity index (χ1v) is 5.80. The van der Waals surface area contributed by atoms with Gasteiger partial charge in [0.1, 0.15) is 0 Å². The van der Waals surface area contributed by atoms with Crippen LogP contribution in [0.15, 0.2) is 0 Å². The molecule has 0 unspecified atom stereocenters. The van der Waals surface area contributed by atoms with Gasteiger partial charge in [0.25, 0.3) is 0 Å². The van der Waals surface area contributed by atoms with Gasteiger partial charge in [-0.15, -0.1) is 10.2 Å². The summed E-state index contributed by atoms with van der Waals surface area (Å²) in [4.78, 5) is 4.44. The third kappa shape index (κ3) is 2.73. The zero-order chi connectivity index (χ0) is 11.5. The van der Waals surface area contributed by atoms with Crippen molar-refractivity contribution in [3.05, 3.63) is 5.82 Å². The van der Waals surface area contributed by atoms with Crippen LogP contribution in [0, 0.1) is 5.92 Å². The van der Waals surface area contributed by atoms with Crippen LogP contribution in [0.25, 0.3) is 0 Å². The molecule has 0 bridgehead atoms. The Hall–Kier alpha value is -1.08. The summed E-state index contributed by atoms with van der Waals surface area (Å²) >= 11 is 5.01. The van der Waals surface area contributed by atoms with E-state index in [2.05, 4.69) is 20.3 Å². The fourth-order valence-corrected chi connectivity index (χ4v) is 2.20. The van der Waals surface area contributed by atoms with E-state index in [0.29, 0.717) is 10.9 Å².